The Balaban J connectivity index is 3.15. The van der Waals surface area contributed by atoms with Gasteiger partial charge in [-0.15, -0.1) is 0 Å². The molecule has 16 heavy (non-hydrogen) atoms. The van der Waals surface area contributed by atoms with E-state index in [1.165, 1.54) is 7.11 Å². The van der Waals surface area contributed by atoms with E-state index in [1.54, 1.807) is 12.1 Å². The standard InChI is InChI=1S/C12H12BrNO2/c1-3-10-9(7-14)5-4-8(12(10)13)6-11(15)16-2/h4-5H,3,6H2,1-2H3. The van der Waals surface area contributed by atoms with Crippen molar-refractivity contribution in [3.63, 3.8) is 0 Å². The van der Waals surface area contributed by atoms with Crippen molar-refractivity contribution >= 4 is 21.9 Å². The number of rotatable bonds is 3. The van der Waals surface area contributed by atoms with E-state index in [1.807, 2.05) is 6.92 Å². The number of nitriles is 1. The Morgan fingerprint density at radius 2 is 2.25 bits per heavy atom. The predicted octanol–water partition coefficient (Wildman–Crippen LogP) is 2.60. The molecule has 0 unspecified atom stereocenters. The highest BCUT2D eigenvalue weighted by molar-refractivity contribution is 9.10. The molecule has 0 aromatic heterocycles. The molecule has 0 amide bonds. The second-order valence-corrected chi connectivity index (χ2v) is 4.08. The van der Waals surface area contributed by atoms with Gasteiger partial charge in [0.15, 0.2) is 0 Å². The van der Waals surface area contributed by atoms with Crippen molar-refractivity contribution in [2.24, 2.45) is 0 Å². The Labute approximate surface area is 103 Å². The SMILES string of the molecule is CCc1c(C#N)ccc(CC(=O)OC)c1Br. The van der Waals surface area contributed by atoms with Crippen molar-refractivity contribution in [2.45, 2.75) is 19.8 Å². The number of halogens is 1. The van der Waals surface area contributed by atoms with Crippen molar-refractivity contribution in [1.29, 1.82) is 5.26 Å². The average molecular weight is 282 g/mol. The zero-order chi connectivity index (χ0) is 12.1. The van der Waals surface area contributed by atoms with Crippen LogP contribution in [0.3, 0.4) is 0 Å². The summed E-state index contributed by atoms with van der Waals surface area (Å²) in [6.07, 6.45) is 0.967. The van der Waals surface area contributed by atoms with Crippen molar-refractivity contribution < 1.29 is 9.53 Å². The predicted molar refractivity (Wildman–Crippen MR) is 64.0 cm³/mol. The van der Waals surface area contributed by atoms with Crippen LogP contribution in [0.5, 0.6) is 0 Å². The molecular formula is C12H12BrNO2. The number of nitrogens with zero attached hydrogens (tertiary/aromatic N) is 1. The normalized spacial score (nSPS) is 9.62. The van der Waals surface area contributed by atoms with Gasteiger partial charge in [0.05, 0.1) is 25.2 Å². The molecule has 1 aromatic carbocycles. The molecular weight excluding hydrogens is 270 g/mol. The first-order valence-corrected chi connectivity index (χ1v) is 5.70. The summed E-state index contributed by atoms with van der Waals surface area (Å²) in [7, 11) is 1.36. The maximum Gasteiger partial charge on any atom is 0.310 e. The number of hydrogen-bond acceptors (Lipinski definition) is 3. The number of methoxy groups -OCH3 is 1. The van der Waals surface area contributed by atoms with Crippen LogP contribution in [-0.4, -0.2) is 13.1 Å². The van der Waals surface area contributed by atoms with Gasteiger partial charge in [-0.05, 0) is 23.6 Å². The minimum atomic E-state index is -0.285. The molecule has 0 atom stereocenters. The van der Waals surface area contributed by atoms with Crippen molar-refractivity contribution in [3.05, 3.63) is 33.3 Å². The van der Waals surface area contributed by atoms with Crippen LogP contribution >= 0.6 is 15.9 Å². The molecule has 0 fully saturated rings. The Morgan fingerprint density at radius 3 is 2.75 bits per heavy atom. The Morgan fingerprint density at radius 1 is 1.56 bits per heavy atom. The molecule has 1 rings (SSSR count). The first-order valence-electron chi connectivity index (χ1n) is 4.91. The first-order chi connectivity index (χ1) is 7.63. The smallest absolute Gasteiger partial charge is 0.310 e. The van der Waals surface area contributed by atoms with E-state index in [0.29, 0.717) is 5.56 Å². The fourth-order valence-electron chi connectivity index (χ4n) is 1.48. The van der Waals surface area contributed by atoms with Crippen LogP contribution in [0, 0.1) is 11.3 Å². The summed E-state index contributed by atoms with van der Waals surface area (Å²) >= 11 is 3.43. The van der Waals surface area contributed by atoms with Crippen LogP contribution in [0.25, 0.3) is 0 Å². The quantitative estimate of drug-likeness (QED) is 0.801. The summed E-state index contributed by atoms with van der Waals surface area (Å²) in [4.78, 5) is 11.2. The maximum absolute atomic E-state index is 11.2. The monoisotopic (exact) mass is 281 g/mol. The summed E-state index contributed by atoms with van der Waals surface area (Å²) in [6.45, 7) is 1.98. The third-order valence-corrected chi connectivity index (χ3v) is 3.35. The molecule has 0 N–H and O–H groups in total. The van der Waals surface area contributed by atoms with Crippen LogP contribution in [0.1, 0.15) is 23.6 Å². The molecule has 0 bridgehead atoms. The fraction of sp³-hybridized carbons (Fsp3) is 0.333. The lowest BCUT2D eigenvalue weighted by atomic mass is 10.0. The highest BCUT2D eigenvalue weighted by Gasteiger charge is 2.12. The van der Waals surface area contributed by atoms with Crippen molar-refractivity contribution in [3.8, 4) is 6.07 Å². The van der Waals surface area contributed by atoms with Crippen LogP contribution in [-0.2, 0) is 22.4 Å². The summed E-state index contributed by atoms with van der Waals surface area (Å²) < 4.78 is 5.45. The van der Waals surface area contributed by atoms with E-state index >= 15 is 0 Å². The van der Waals surface area contributed by atoms with Gasteiger partial charge < -0.3 is 4.74 Å². The second-order valence-electron chi connectivity index (χ2n) is 3.28. The van der Waals surface area contributed by atoms with Gasteiger partial charge in [-0.1, -0.05) is 28.9 Å². The van der Waals surface area contributed by atoms with E-state index in [4.69, 9.17) is 5.26 Å². The van der Waals surface area contributed by atoms with Gasteiger partial charge in [-0.3, -0.25) is 4.79 Å². The summed E-state index contributed by atoms with van der Waals surface area (Å²) in [5, 5.41) is 8.93. The minimum absolute atomic E-state index is 0.218. The fourth-order valence-corrected chi connectivity index (χ4v) is 2.25. The molecule has 0 aliphatic heterocycles. The molecule has 0 aliphatic carbocycles. The Bertz CT molecular complexity index is 449. The summed E-state index contributed by atoms with van der Waals surface area (Å²) in [5.74, 6) is -0.285. The number of carbonyl (C=O) groups excluding carboxylic acids is 1. The lowest BCUT2D eigenvalue weighted by molar-refractivity contribution is -0.139. The maximum atomic E-state index is 11.2. The Hall–Kier alpha value is -1.34. The molecule has 1 aromatic rings. The van der Waals surface area contributed by atoms with Gasteiger partial charge in [0.25, 0.3) is 0 Å². The molecule has 0 saturated carbocycles. The molecule has 84 valence electrons. The van der Waals surface area contributed by atoms with Crippen molar-refractivity contribution in [1.82, 2.24) is 0 Å². The highest BCUT2D eigenvalue weighted by atomic mass is 79.9. The topological polar surface area (TPSA) is 50.1 Å². The van der Waals surface area contributed by atoms with Gasteiger partial charge in [0, 0.05) is 4.47 Å². The zero-order valence-corrected chi connectivity index (χ0v) is 10.8. The van der Waals surface area contributed by atoms with Gasteiger partial charge >= 0.3 is 5.97 Å². The van der Waals surface area contributed by atoms with E-state index in [9.17, 15) is 4.79 Å². The number of carbonyl (C=O) groups is 1. The van der Waals surface area contributed by atoms with Gasteiger partial charge in [0.2, 0.25) is 0 Å². The zero-order valence-electron chi connectivity index (χ0n) is 9.21. The number of esters is 1. The number of benzene rings is 1. The third-order valence-electron chi connectivity index (χ3n) is 2.36. The Kier molecular flexibility index (Phi) is 4.51. The molecule has 0 saturated heterocycles. The lowest BCUT2D eigenvalue weighted by Gasteiger charge is -2.09. The number of ether oxygens (including phenoxy) is 1. The molecule has 3 nitrogen and oxygen atoms in total. The van der Waals surface area contributed by atoms with E-state index in [0.717, 1.165) is 22.0 Å². The third kappa shape index (κ3) is 2.61. The van der Waals surface area contributed by atoms with Gasteiger partial charge in [-0.25, -0.2) is 0 Å². The van der Waals surface area contributed by atoms with E-state index in [2.05, 4.69) is 26.7 Å². The van der Waals surface area contributed by atoms with Crippen LogP contribution < -0.4 is 0 Å². The highest BCUT2D eigenvalue weighted by Crippen LogP contribution is 2.26. The summed E-state index contributed by atoms with van der Waals surface area (Å²) in [6, 6.07) is 5.65. The summed E-state index contributed by atoms with van der Waals surface area (Å²) in [5.41, 5.74) is 2.43. The molecule has 0 heterocycles. The van der Waals surface area contributed by atoms with Crippen LogP contribution in [0.15, 0.2) is 16.6 Å². The molecule has 4 heteroatoms. The molecule has 0 spiro atoms. The van der Waals surface area contributed by atoms with E-state index in [-0.39, 0.29) is 12.4 Å². The van der Waals surface area contributed by atoms with Crippen LogP contribution in [0.2, 0.25) is 0 Å². The average Bonchev–Trinajstić information content (AvgIpc) is 2.31. The largest absolute Gasteiger partial charge is 0.469 e. The second kappa shape index (κ2) is 5.66. The molecule has 0 aliphatic rings. The van der Waals surface area contributed by atoms with Gasteiger partial charge in [-0.2, -0.15) is 5.26 Å². The number of hydrogen-bond donors (Lipinski definition) is 0. The minimum Gasteiger partial charge on any atom is -0.469 e. The molecule has 0 radical (unpaired) electrons. The van der Waals surface area contributed by atoms with Gasteiger partial charge in [0.1, 0.15) is 0 Å². The van der Waals surface area contributed by atoms with E-state index < -0.39 is 0 Å². The first kappa shape index (κ1) is 12.7. The van der Waals surface area contributed by atoms with Crippen LogP contribution in [0.4, 0.5) is 0 Å². The van der Waals surface area contributed by atoms with Crippen molar-refractivity contribution in [2.75, 3.05) is 7.11 Å². The lowest BCUT2D eigenvalue weighted by Crippen LogP contribution is -2.06.